The summed E-state index contributed by atoms with van der Waals surface area (Å²) in [5.41, 5.74) is 6.09. The van der Waals surface area contributed by atoms with Gasteiger partial charge >= 0.3 is 0 Å². The van der Waals surface area contributed by atoms with Gasteiger partial charge in [-0.25, -0.2) is 4.98 Å². The largest absolute Gasteiger partial charge is 0.493 e. The summed E-state index contributed by atoms with van der Waals surface area (Å²) < 4.78 is 10.7. The van der Waals surface area contributed by atoms with E-state index in [1.807, 2.05) is 56.3 Å². The van der Waals surface area contributed by atoms with E-state index in [-0.39, 0.29) is 5.91 Å². The molecule has 0 bridgehead atoms. The highest BCUT2D eigenvalue weighted by Gasteiger charge is 2.16. The Morgan fingerprint density at radius 1 is 0.938 bits per heavy atom. The Labute approximate surface area is 187 Å². The summed E-state index contributed by atoms with van der Waals surface area (Å²) in [6.07, 6.45) is 3.44. The third kappa shape index (κ3) is 4.25. The van der Waals surface area contributed by atoms with Gasteiger partial charge in [-0.2, -0.15) is 0 Å². The van der Waals surface area contributed by atoms with Crippen molar-refractivity contribution >= 4 is 16.8 Å². The Balaban J connectivity index is 1.71. The average Bonchev–Trinajstić information content (AvgIpc) is 2.82. The molecule has 0 saturated heterocycles. The summed E-state index contributed by atoms with van der Waals surface area (Å²) in [5, 5.41) is 3.88. The van der Waals surface area contributed by atoms with Crippen molar-refractivity contribution in [2.24, 2.45) is 0 Å². The molecule has 2 heterocycles. The number of pyridine rings is 2. The number of amides is 1. The second kappa shape index (κ2) is 9.06. The SMILES string of the molecule is COc1ccc(CNC(=O)c2cc(-c3ccncc3)nc3c(C)cc(C)cc23)cc1OC. The number of benzene rings is 2. The molecule has 1 amide bonds. The molecule has 0 atom stereocenters. The van der Waals surface area contributed by atoms with E-state index >= 15 is 0 Å². The van der Waals surface area contributed by atoms with E-state index in [4.69, 9.17) is 14.5 Å². The van der Waals surface area contributed by atoms with Crippen molar-refractivity contribution in [3.8, 4) is 22.8 Å². The van der Waals surface area contributed by atoms with Crippen LogP contribution in [0.15, 0.2) is 60.9 Å². The number of hydrogen-bond acceptors (Lipinski definition) is 5. The van der Waals surface area contributed by atoms with Crippen LogP contribution in [0.2, 0.25) is 0 Å². The van der Waals surface area contributed by atoms with Gasteiger partial charge in [0.1, 0.15) is 0 Å². The Hall–Kier alpha value is -3.93. The molecule has 1 N–H and O–H groups in total. The summed E-state index contributed by atoms with van der Waals surface area (Å²) in [4.78, 5) is 22.2. The molecule has 0 aliphatic carbocycles. The van der Waals surface area contributed by atoms with E-state index in [2.05, 4.69) is 16.4 Å². The van der Waals surface area contributed by atoms with Gasteiger partial charge in [-0.05, 0) is 61.4 Å². The monoisotopic (exact) mass is 427 g/mol. The molecule has 4 aromatic rings. The van der Waals surface area contributed by atoms with Crippen LogP contribution >= 0.6 is 0 Å². The van der Waals surface area contributed by atoms with Crippen LogP contribution in [0, 0.1) is 13.8 Å². The molecule has 2 aromatic heterocycles. The fourth-order valence-corrected chi connectivity index (χ4v) is 3.81. The molecular weight excluding hydrogens is 402 g/mol. The lowest BCUT2D eigenvalue weighted by molar-refractivity contribution is 0.0952. The van der Waals surface area contributed by atoms with Gasteiger partial charge in [0.2, 0.25) is 0 Å². The quantitative estimate of drug-likeness (QED) is 0.476. The first-order chi connectivity index (χ1) is 15.5. The van der Waals surface area contributed by atoms with Crippen LogP contribution in [0.4, 0.5) is 0 Å². The van der Waals surface area contributed by atoms with Crippen molar-refractivity contribution in [1.82, 2.24) is 15.3 Å². The number of aromatic nitrogens is 2. The molecule has 32 heavy (non-hydrogen) atoms. The van der Waals surface area contributed by atoms with Crippen LogP contribution in [0.3, 0.4) is 0 Å². The topological polar surface area (TPSA) is 73.3 Å². The number of carbonyl (C=O) groups excluding carboxylic acids is 1. The third-order valence-corrected chi connectivity index (χ3v) is 5.37. The summed E-state index contributed by atoms with van der Waals surface area (Å²) in [5.74, 6) is 1.11. The zero-order valence-electron chi connectivity index (χ0n) is 18.6. The molecule has 0 fully saturated rings. The van der Waals surface area contributed by atoms with Gasteiger partial charge in [0.25, 0.3) is 5.91 Å². The van der Waals surface area contributed by atoms with Gasteiger partial charge in [-0.3, -0.25) is 9.78 Å². The summed E-state index contributed by atoms with van der Waals surface area (Å²) >= 11 is 0. The van der Waals surface area contributed by atoms with E-state index in [1.54, 1.807) is 26.6 Å². The molecule has 6 nitrogen and oxygen atoms in total. The van der Waals surface area contributed by atoms with Crippen molar-refractivity contribution < 1.29 is 14.3 Å². The number of carbonyl (C=O) groups is 1. The first-order valence-electron chi connectivity index (χ1n) is 10.3. The maximum Gasteiger partial charge on any atom is 0.252 e. The molecule has 0 saturated carbocycles. The van der Waals surface area contributed by atoms with Crippen LogP contribution in [0.5, 0.6) is 11.5 Å². The smallest absolute Gasteiger partial charge is 0.252 e. The van der Waals surface area contributed by atoms with E-state index in [0.717, 1.165) is 38.9 Å². The van der Waals surface area contributed by atoms with Crippen molar-refractivity contribution in [2.75, 3.05) is 14.2 Å². The van der Waals surface area contributed by atoms with Gasteiger partial charge in [-0.15, -0.1) is 0 Å². The Kier molecular flexibility index (Phi) is 6.03. The molecule has 0 radical (unpaired) electrons. The summed E-state index contributed by atoms with van der Waals surface area (Å²) in [7, 11) is 3.19. The van der Waals surface area contributed by atoms with Gasteiger partial charge < -0.3 is 14.8 Å². The normalized spacial score (nSPS) is 10.8. The number of nitrogens with one attached hydrogen (secondary N) is 1. The molecule has 0 unspecified atom stereocenters. The number of hydrogen-bond donors (Lipinski definition) is 1. The lowest BCUT2D eigenvalue weighted by atomic mass is 9.99. The minimum absolute atomic E-state index is 0.160. The fraction of sp³-hybridized carbons (Fsp3) is 0.192. The van der Waals surface area contributed by atoms with E-state index in [0.29, 0.717) is 23.6 Å². The van der Waals surface area contributed by atoms with Crippen molar-refractivity contribution in [2.45, 2.75) is 20.4 Å². The van der Waals surface area contributed by atoms with E-state index in [9.17, 15) is 4.79 Å². The Morgan fingerprint density at radius 2 is 1.69 bits per heavy atom. The van der Waals surface area contributed by atoms with Gasteiger partial charge in [0.15, 0.2) is 11.5 Å². The van der Waals surface area contributed by atoms with Crippen molar-refractivity contribution in [3.63, 3.8) is 0 Å². The highest BCUT2D eigenvalue weighted by molar-refractivity contribution is 6.08. The zero-order valence-corrected chi connectivity index (χ0v) is 18.6. The highest BCUT2D eigenvalue weighted by atomic mass is 16.5. The number of methoxy groups -OCH3 is 2. The number of nitrogens with zero attached hydrogens (tertiary/aromatic N) is 2. The molecule has 0 aliphatic rings. The molecule has 6 heteroatoms. The van der Waals surface area contributed by atoms with Crippen LogP contribution in [0.1, 0.15) is 27.0 Å². The summed E-state index contributed by atoms with van der Waals surface area (Å²) in [6, 6.07) is 15.3. The lowest BCUT2D eigenvalue weighted by Crippen LogP contribution is -2.23. The zero-order chi connectivity index (χ0) is 22.7. The fourth-order valence-electron chi connectivity index (χ4n) is 3.81. The molecule has 0 aliphatic heterocycles. The maximum atomic E-state index is 13.3. The molecular formula is C26H25N3O3. The van der Waals surface area contributed by atoms with Gasteiger partial charge in [0, 0.05) is 29.9 Å². The first kappa shape index (κ1) is 21.3. The van der Waals surface area contributed by atoms with Crippen LogP contribution in [-0.4, -0.2) is 30.1 Å². The summed E-state index contributed by atoms with van der Waals surface area (Å²) in [6.45, 7) is 4.40. The van der Waals surface area contributed by atoms with Crippen LogP contribution < -0.4 is 14.8 Å². The Bertz CT molecular complexity index is 1290. The molecule has 4 rings (SSSR count). The minimum Gasteiger partial charge on any atom is -0.493 e. The van der Waals surface area contributed by atoms with Crippen molar-refractivity contribution in [1.29, 1.82) is 0 Å². The number of fused-ring (bicyclic) bond motifs is 1. The molecule has 2 aromatic carbocycles. The average molecular weight is 428 g/mol. The van der Waals surface area contributed by atoms with E-state index < -0.39 is 0 Å². The lowest BCUT2D eigenvalue weighted by Gasteiger charge is -2.14. The maximum absolute atomic E-state index is 13.3. The second-order valence-corrected chi connectivity index (χ2v) is 7.64. The Morgan fingerprint density at radius 3 is 2.41 bits per heavy atom. The van der Waals surface area contributed by atoms with E-state index in [1.165, 1.54) is 0 Å². The number of ether oxygens (including phenoxy) is 2. The van der Waals surface area contributed by atoms with Gasteiger partial charge in [-0.1, -0.05) is 17.7 Å². The molecule has 0 spiro atoms. The van der Waals surface area contributed by atoms with Gasteiger partial charge in [0.05, 0.1) is 31.0 Å². The minimum atomic E-state index is -0.160. The highest BCUT2D eigenvalue weighted by Crippen LogP contribution is 2.29. The standard InChI is InChI=1S/C26H25N3O3/c1-16-11-17(2)25-20(12-16)21(14-22(29-25)19-7-9-27-10-8-19)26(30)28-15-18-5-6-23(31-3)24(13-18)32-4/h5-14H,15H2,1-4H3,(H,28,30). The number of aryl methyl sites for hydroxylation is 2. The second-order valence-electron chi connectivity index (χ2n) is 7.64. The molecule has 162 valence electrons. The van der Waals surface area contributed by atoms with Crippen LogP contribution in [-0.2, 0) is 6.54 Å². The van der Waals surface area contributed by atoms with Crippen LogP contribution in [0.25, 0.3) is 22.2 Å². The predicted octanol–water partition coefficient (Wildman–Crippen LogP) is 4.86. The number of rotatable bonds is 6. The first-order valence-corrected chi connectivity index (χ1v) is 10.3. The third-order valence-electron chi connectivity index (χ3n) is 5.37. The van der Waals surface area contributed by atoms with Crippen molar-refractivity contribution in [3.05, 3.63) is 83.2 Å². The predicted molar refractivity (Wildman–Crippen MR) is 125 cm³/mol.